The Kier molecular flexibility index (Phi) is 3.39. The summed E-state index contributed by atoms with van der Waals surface area (Å²) in [7, 11) is 0. The third-order valence-corrected chi connectivity index (χ3v) is 4.44. The number of nitrogens with zero attached hydrogens (tertiary/aromatic N) is 1. The fourth-order valence-corrected chi connectivity index (χ4v) is 3.16. The summed E-state index contributed by atoms with van der Waals surface area (Å²) in [5.74, 6) is 0.997. The number of aromatic amines is 1. The number of H-pyrrole nitrogens is 1. The van der Waals surface area contributed by atoms with Gasteiger partial charge in [0.05, 0.1) is 5.69 Å². The first-order valence-electron chi connectivity index (χ1n) is 7.68. The Morgan fingerprint density at radius 3 is 3.09 bits per heavy atom. The zero-order chi connectivity index (χ0) is 14.9. The largest absolute Gasteiger partial charge is 0.361 e. The van der Waals surface area contributed by atoms with Gasteiger partial charge in [0.1, 0.15) is 5.82 Å². The molecule has 2 aromatic heterocycles. The number of hydrogen-bond acceptors (Lipinski definition) is 2. The van der Waals surface area contributed by atoms with E-state index in [0.29, 0.717) is 11.8 Å². The van der Waals surface area contributed by atoms with Crippen LogP contribution in [0.15, 0.2) is 48.8 Å². The Morgan fingerprint density at radius 2 is 2.23 bits per heavy atom. The van der Waals surface area contributed by atoms with E-state index in [-0.39, 0.29) is 5.82 Å². The SMILES string of the molecule is Fc1ccc2[nH]cc([C@@H]3C[C@H]3CNCc3ccccn3)c2c1. The van der Waals surface area contributed by atoms with E-state index in [0.717, 1.165) is 29.7 Å². The first kappa shape index (κ1) is 13.5. The van der Waals surface area contributed by atoms with Gasteiger partial charge in [0, 0.05) is 29.8 Å². The van der Waals surface area contributed by atoms with Crippen LogP contribution in [-0.2, 0) is 6.54 Å². The first-order valence-corrected chi connectivity index (χ1v) is 7.68. The average molecular weight is 295 g/mol. The standard InChI is InChI=1S/C18H18FN3/c19-13-4-5-18-16(8-13)17(11-22-18)15-7-12(15)9-20-10-14-3-1-2-6-21-14/h1-6,8,11-12,15,20,22H,7,9-10H2/t12-,15+/m0/s1. The molecule has 0 aliphatic heterocycles. The normalized spacial score (nSPS) is 20.4. The Balaban J connectivity index is 1.38. The fourth-order valence-electron chi connectivity index (χ4n) is 3.16. The molecular formula is C18H18FN3. The van der Waals surface area contributed by atoms with Crippen molar-refractivity contribution in [3.8, 4) is 0 Å². The predicted octanol–water partition coefficient (Wildman–Crippen LogP) is 3.60. The van der Waals surface area contributed by atoms with Crippen LogP contribution < -0.4 is 5.32 Å². The highest BCUT2D eigenvalue weighted by atomic mass is 19.1. The molecule has 2 N–H and O–H groups in total. The zero-order valence-electron chi connectivity index (χ0n) is 12.2. The van der Waals surface area contributed by atoms with Gasteiger partial charge in [0.15, 0.2) is 0 Å². The van der Waals surface area contributed by atoms with Crippen LogP contribution in [0, 0.1) is 11.7 Å². The Morgan fingerprint density at radius 1 is 1.27 bits per heavy atom. The van der Waals surface area contributed by atoms with Crippen LogP contribution in [0.25, 0.3) is 10.9 Å². The molecule has 1 aromatic carbocycles. The van der Waals surface area contributed by atoms with Gasteiger partial charge in [-0.25, -0.2) is 4.39 Å². The lowest BCUT2D eigenvalue weighted by Gasteiger charge is -2.03. The predicted molar refractivity (Wildman–Crippen MR) is 85.0 cm³/mol. The van der Waals surface area contributed by atoms with Gasteiger partial charge in [-0.2, -0.15) is 0 Å². The van der Waals surface area contributed by atoms with Crippen LogP contribution >= 0.6 is 0 Å². The van der Waals surface area contributed by atoms with Crippen molar-refractivity contribution in [2.24, 2.45) is 5.92 Å². The number of aromatic nitrogens is 2. The minimum absolute atomic E-state index is 0.168. The van der Waals surface area contributed by atoms with E-state index in [1.54, 1.807) is 6.07 Å². The molecule has 1 saturated carbocycles. The third kappa shape index (κ3) is 2.62. The zero-order valence-corrected chi connectivity index (χ0v) is 12.2. The second kappa shape index (κ2) is 5.54. The molecule has 0 spiro atoms. The highest BCUT2D eigenvalue weighted by molar-refractivity contribution is 5.84. The van der Waals surface area contributed by atoms with E-state index < -0.39 is 0 Å². The number of pyridine rings is 1. The molecule has 0 saturated heterocycles. The van der Waals surface area contributed by atoms with E-state index in [4.69, 9.17) is 0 Å². The van der Waals surface area contributed by atoms with Crippen molar-refractivity contribution >= 4 is 10.9 Å². The van der Waals surface area contributed by atoms with Crippen molar-refractivity contribution in [3.63, 3.8) is 0 Å². The maximum absolute atomic E-state index is 13.4. The molecule has 112 valence electrons. The Hall–Kier alpha value is -2.20. The lowest BCUT2D eigenvalue weighted by molar-refractivity contribution is 0.620. The monoisotopic (exact) mass is 295 g/mol. The minimum Gasteiger partial charge on any atom is -0.361 e. The van der Waals surface area contributed by atoms with Crippen molar-refractivity contribution in [1.82, 2.24) is 15.3 Å². The maximum atomic E-state index is 13.4. The summed E-state index contributed by atoms with van der Waals surface area (Å²) in [4.78, 5) is 7.55. The maximum Gasteiger partial charge on any atom is 0.123 e. The summed E-state index contributed by atoms with van der Waals surface area (Å²) in [6.45, 7) is 1.77. The molecule has 4 rings (SSSR count). The van der Waals surface area contributed by atoms with Crippen LogP contribution in [-0.4, -0.2) is 16.5 Å². The number of fused-ring (bicyclic) bond motifs is 1. The lowest BCUT2D eigenvalue weighted by atomic mass is 10.1. The van der Waals surface area contributed by atoms with E-state index in [1.807, 2.05) is 36.7 Å². The quantitative estimate of drug-likeness (QED) is 0.755. The summed E-state index contributed by atoms with van der Waals surface area (Å²) in [5.41, 5.74) is 3.33. The van der Waals surface area contributed by atoms with E-state index in [2.05, 4.69) is 15.3 Å². The fraction of sp³-hybridized carbons (Fsp3) is 0.278. The number of hydrogen-bond donors (Lipinski definition) is 2. The summed E-state index contributed by atoms with van der Waals surface area (Å²) in [6.07, 6.45) is 5.02. The van der Waals surface area contributed by atoms with Crippen molar-refractivity contribution in [1.29, 1.82) is 0 Å². The molecule has 0 unspecified atom stereocenters. The number of nitrogens with one attached hydrogen (secondary N) is 2. The second-order valence-corrected chi connectivity index (χ2v) is 5.99. The van der Waals surface area contributed by atoms with Gasteiger partial charge in [0.2, 0.25) is 0 Å². The van der Waals surface area contributed by atoms with Crippen LogP contribution in [0.5, 0.6) is 0 Å². The molecule has 1 aliphatic rings. The molecule has 3 nitrogen and oxygen atoms in total. The molecule has 3 aromatic rings. The van der Waals surface area contributed by atoms with Gasteiger partial charge in [-0.05, 0) is 60.7 Å². The van der Waals surface area contributed by atoms with Gasteiger partial charge in [-0.15, -0.1) is 0 Å². The molecule has 4 heteroatoms. The molecule has 1 fully saturated rings. The smallest absolute Gasteiger partial charge is 0.123 e. The van der Waals surface area contributed by atoms with Crippen molar-refractivity contribution in [3.05, 3.63) is 65.9 Å². The molecular weight excluding hydrogens is 277 g/mol. The second-order valence-electron chi connectivity index (χ2n) is 5.99. The Labute approximate surface area is 128 Å². The van der Waals surface area contributed by atoms with Crippen molar-refractivity contribution in [2.75, 3.05) is 6.54 Å². The van der Waals surface area contributed by atoms with Crippen molar-refractivity contribution in [2.45, 2.75) is 18.9 Å². The van der Waals surface area contributed by atoms with Crippen LogP contribution in [0.2, 0.25) is 0 Å². The molecule has 2 atom stereocenters. The summed E-state index contributed by atoms with van der Waals surface area (Å²) in [6, 6.07) is 10.9. The highest BCUT2D eigenvalue weighted by Crippen LogP contribution is 2.49. The average Bonchev–Trinajstić information content (AvgIpc) is 3.18. The highest BCUT2D eigenvalue weighted by Gasteiger charge is 2.39. The number of halogens is 1. The van der Waals surface area contributed by atoms with Gasteiger partial charge in [-0.1, -0.05) is 6.07 Å². The minimum atomic E-state index is -0.168. The topological polar surface area (TPSA) is 40.7 Å². The van der Waals surface area contributed by atoms with Crippen LogP contribution in [0.3, 0.4) is 0 Å². The summed E-state index contributed by atoms with van der Waals surface area (Å²) in [5, 5.41) is 4.49. The lowest BCUT2D eigenvalue weighted by Crippen LogP contribution is -2.17. The number of benzene rings is 1. The Bertz CT molecular complexity index is 781. The third-order valence-electron chi connectivity index (χ3n) is 4.44. The molecule has 1 aliphatic carbocycles. The van der Waals surface area contributed by atoms with Gasteiger partial charge in [0.25, 0.3) is 0 Å². The summed E-state index contributed by atoms with van der Waals surface area (Å²) < 4.78 is 13.4. The number of rotatable bonds is 5. The van der Waals surface area contributed by atoms with E-state index in [9.17, 15) is 4.39 Å². The van der Waals surface area contributed by atoms with Gasteiger partial charge < -0.3 is 10.3 Å². The molecule has 22 heavy (non-hydrogen) atoms. The van der Waals surface area contributed by atoms with Gasteiger partial charge >= 0.3 is 0 Å². The van der Waals surface area contributed by atoms with E-state index in [1.165, 1.54) is 18.1 Å². The van der Waals surface area contributed by atoms with Crippen LogP contribution in [0.4, 0.5) is 4.39 Å². The molecule has 0 bridgehead atoms. The van der Waals surface area contributed by atoms with Gasteiger partial charge in [-0.3, -0.25) is 4.98 Å². The van der Waals surface area contributed by atoms with Crippen molar-refractivity contribution < 1.29 is 4.39 Å². The molecule has 0 radical (unpaired) electrons. The summed E-state index contributed by atoms with van der Waals surface area (Å²) >= 11 is 0. The molecule has 2 heterocycles. The first-order chi connectivity index (χ1) is 10.8. The molecule has 0 amide bonds. The van der Waals surface area contributed by atoms with E-state index >= 15 is 0 Å². The van der Waals surface area contributed by atoms with Crippen LogP contribution in [0.1, 0.15) is 23.6 Å².